The Kier molecular flexibility index (Phi) is 5.48. The molecule has 4 aromatic rings. The number of anilines is 1. The van der Waals surface area contributed by atoms with Crippen molar-refractivity contribution in [1.29, 1.82) is 0 Å². The highest BCUT2D eigenvalue weighted by Crippen LogP contribution is 2.33. The van der Waals surface area contributed by atoms with Crippen LogP contribution < -0.4 is 10.5 Å². The van der Waals surface area contributed by atoms with Gasteiger partial charge in [0.15, 0.2) is 32.9 Å². The average Bonchev–Trinajstić information content (AvgIpc) is 3.46. The largest absolute Gasteiger partial charge is 0.338 e. The number of fused-ring (bicyclic) bond motifs is 1. The Balaban J connectivity index is 1.41. The van der Waals surface area contributed by atoms with Crippen molar-refractivity contribution in [3.05, 3.63) is 70.4 Å². The maximum absolute atomic E-state index is 14.1. The lowest BCUT2D eigenvalue weighted by Crippen LogP contribution is -2.36. The van der Waals surface area contributed by atoms with Crippen LogP contribution in [0.4, 0.5) is 9.52 Å². The number of carbonyl (C=O) groups excluding carboxylic acids is 1. The molecule has 4 heterocycles. The van der Waals surface area contributed by atoms with Gasteiger partial charge in [0, 0.05) is 19.2 Å². The SMILES string of the molecule is O=C(CCc1ccccc1)[C@H]1CCCN1c1nc2c(=O)[nH]c(-c3ncccc3F)nc2s1. The molecule has 1 aromatic carbocycles. The van der Waals surface area contributed by atoms with Gasteiger partial charge in [0.25, 0.3) is 5.56 Å². The molecule has 162 valence electrons. The van der Waals surface area contributed by atoms with Gasteiger partial charge in [0.2, 0.25) is 0 Å². The van der Waals surface area contributed by atoms with Crippen LogP contribution in [0.2, 0.25) is 0 Å². The number of carbonyl (C=O) groups is 1. The molecule has 0 unspecified atom stereocenters. The Labute approximate surface area is 187 Å². The monoisotopic (exact) mass is 449 g/mol. The minimum atomic E-state index is -0.566. The van der Waals surface area contributed by atoms with Crippen molar-refractivity contribution in [1.82, 2.24) is 19.9 Å². The second-order valence-electron chi connectivity index (χ2n) is 7.70. The number of nitrogens with zero attached hydrogens (tertiary/aromatic N) is 4. The van der Waals surface area contributed by atoms with Crippen LogP contribution in [0.1, 0.15) is 24.8 Å². The van der Waals surface area contributed by atoms with Gasteiger partial charge in [-0.1, -0.05) is 41.7 Å². The molecule has 1 aliphatic rings. The predicted molar refractivity (Wildman–Crippen MR) is 121 cm³/mol. The van der Waals surface area contributed by atoms with Gasteiger partial charge in [-0.15, -0.1) is 0 Å². The summed E-state index contributed by atoms with van der Waals surface area (Å²) < 4.78 is 14.1. The van der Waals surface area contributed by atoms with Gasteiger partial charge in [-0.3, -0.25) is 9.59 Å². The number of aromatic nitrogens is 4. The summed E-state index contributed by atoms with van der Waals surface area (Å²) in [6.07, 6.45) is 4.24. The van der Waals surface area contributed by atoms with Crippen LogP contribution in [0.15, 0.2) is 53.5 Å². The number of hydrogen-bond acceptors (Lipinski definition) is 7. The summed E-state index contributed by atoms with van der Waals surface area (Å²) in [7, 11) is 0. The highest BCUT2D eigenvalue weighted by atomic mass is 32.1. The van der Waals surface area contributed by atoms with Crippen molar-refractivity contribution in [3.8, 4) is 11.5 Å². The predicted octanol–water partition coefficient (Wildman–Crippen LogP) is 3.75. The molecule has 0 amide bonds. The van der Waals surface area contributed by atoms with Crippen molar-refractivity contribution in [2.45, 2.75) is 31.7 Å². The lowest BCUT2D eigenvalue weighted by Gasteiger charge is -2.22. The zero-order valence-corrected chi connectivity index (χ0v) is 17.9. The Morgan fingerprint density at radius 3 is 2.84 bits per heavy atom. The number of pyridine rings is 1. The molecular weight excluding hydrogens is 429 g/mol. The first-order valence-electron chi connectivity index (χ1n) is 10.4. The van der Waals surface area contributed by atoms with E-state index < -0.39 is 11.4 Å². The molecule has 1 N–H and O–H groups in total. The molecule has 5 rings (SSSR count). The van der Waals surface area contributed by atoms with E-state index in [-0.39, 0.29) is 28.9 Å². The minimum absolute atomic E-state index is 0.0170. The molecule has 32 heavy (non-hydrogen) atoms. The molecule has 0 spiro atoms. The molecule has 7 nitrogen and oxygen atoms in total. The molecule has 0 aliphatic carbocycles. The topological polar surface area (TPSA) is 91.8 Å². The molecule has 0 bridgehead atoms. The molecular formula is C23H20FN5O2S. The van der Waals surface area contributed by atoms with E-state index in [0.29, 0.717) is 29.3 Å². The van der Waals surface area contributed by atoms with Gasteiger partial charge < -0.3 is 9.88 Å². The average molecular weight is 450 g/mol. The maximum Gasteiger partial charge on any atom is 0.278 e. The zero-order valence-electron chi connectivity index (χ0n) is 17.1. The molecule has 1 fully saturated rings. The first-order valence-corrected chi connectivity index (χ1v) is 11.3. The molecule has 3 aromatic heterocycles. The number of Topliss-reactive ketones (excluding diaryl/α,β-unsaturated/α-hetero) is 1. The van der Waals surface area contributed by atoms with E-state index in [1.807, 2.05) is 35.2 Å². The van der Waals surface area contributed by atoms with Gasteiger partial charge in [0.1, 0.15) is 5.69 Å². The number of aromatic amines is 1. The van der Waals surface area contributed by atoms with Crippen LogP contribution in [-0.2, 0) is 11.2 Å². The molecule has 1 aliphatic heterocycles. The number of aryl methyl sites for hydroxylation is 1. The zero-order chi connectivity index (χ0) is 22.1. The van der Waals surface area contributed by atoms with Crippen LogP contribution in [0.25, 0.3) is 21.9 Å². The summed E-state index contributed by atoms with van der Waals surface area (Å²) >= 11 is 1.24. The fraction of sp³-hybridized carbons (Fsp3) is 0.261. The van der Waals surface area contributed by atoms with Crippen LogP contribution in [0, 0.1) is 5.82 Å². The van der Waals surface area contributed by atoms with E-state index >= 15 is 0 Å². The second-order valence-corrected chi connectivity index (χ2v) is 8.66. The third kappa shape index (κ3) is 3.91. The number of ketones is 1. The number of thiazole rings is 1. The Bertz CT molecular complexity index is 1340. The normalized spacial score (nSPS) is 16.0. The quantitative estimate of drug-likeness (QED) is 0.482. The van der Waals surface area contributed by atoms with Crippen molar-refractivity contribution < 1.29 is 9.18 Å². The second kappa shape index (κ2) is 8.58. The fourth-order valence-electron chi connectivity index (χ4n) is 4.03. The molecule has 9 heteroatoms. The summed E-state index contributed by atoms with van der Waals surface area (Å²) in [4.78, 5) is 43.4. The first kappa shape index (κ1) is 20.4. The lowest BCUT2D eigenvalue weighted by atomic mass is 10.0. The van der Waals surface area contributed by atoms with Crippen LogP contribution in [0.3, 0.4) is 0 Å². The van der Waals surface area contributed by atoms with Crippen molar-refractivity contribution in [2.75, 3.05) is 11.4 Å². The summed E-state index contributed by atoms with van der Waals surface area (Å²) in [5, 5.41) is 0.590. The maximum atomic E-state index is 14.1. The summed E-state index contributed by atoms with van der Waals surface area (Å²) in [6, 6.07) is 12.4. The third-order valence-electron chi connectivity index (χ3n) is 5.61. The van der Waals surface area contributed by atoms with E-state index in [1.165, 1.54) is 29.7 Å². The van der Waals surface area contributed by atoms with Crippen LogP contribution >= 0.6 is 11.3 Å². The van der Waals surface area contributed by atoms with Crippen LogP contribution in [0.5, 0.6) is 0 Å². The number of benzene rings is 1. The number of hydrogen-bond donors (Lipinski definition) is 1. The standard InChI is InChI=1S/C23H20FN5O2S/c24-15-8-4-12-25-18(15)20-27-21(31)19-22(28-20)32-23(26-19)29-13-5-9-16(29)17(30)11-10-14-6-2-1-3-7-14/h1-4,6-8,12,16H,5,9-11,13H2,(H,27,28,31)/t16-/m1/s1. The highest BCUT2D eigenvalue weighted by Gasteiger charge is 2.32. The molecule has 0 radical (unpaired) electrons. The van der Waals surface area contributed by atoms with Crippen molar-refractivity contribution in [3.63, 3.8) is 0 Å². The highest BCUT2D eigenvalue weighted by molar-refractivity contribution is 7.21. The Hall–Kier alpha value is -3.46. The van der Waals surface area contributed by atoms with Gasteiger partial charge in [0.05, 0.1) is 6.04 Å². The van der Waals surface area contributed by atoms with Gasteiger partial charge in [-0.25, -0.2) is 19.3 Å². The smallest absolute Gasteiger partial charge is 0.278 e. The van der Waals surface area contributed by atoms with E-state index in [9.17, 15) is 14.0 Å². The molecule has 1 atom stereocenters. The van der Waals surface area contributed by atoms with E-state index in [0.717, 1.165) is 18.4 Å². The van der Waals surface area contributed by atoms with Gasteiger partial charge >= 0.3 is 0 Å². The Morgan fingerprint density at radius 1 is 1.19 bits per heavy atom. The summed E-state index contributed by atoms with van der Waals surface area (Å²) in [5.74, 6) is -0.334. The minimum Gasteiger partial charge on any atom is -0.338 e. The number of H-pyrrole nitrogens is 1. The number of nitrogens with one attached hydrogen (secondary N) is 1. The van der Waals surface area contributed by atoms with E-state index in [1.54, 1.807) is 0 Å². The van der Waals surface area contributed by atoms with Crippen molar-refractivity contribution >= 4 is 32.6 Å². The van der Waals surface area contributed by atoms with Crippen molar-refractivity contribution in [2.24, 2.45) is 0 Å². The summed E-state index contributed by atoms with van der Waals surface area (Å²) in [5.41, 5.74) is 0.850. The lowest BCUT2D eigenvalue weighted by molar-refractivity contribution is -0.120. The molecule has 1 saturated heterocycles. The van der Waals surface area contributed by atoms with Crippen LogP contribution in [-0.4, -0.2) is 38.3 Å². The Morgan fingerprint density at radius 2 is 2.03 bits per heavy atom. The summed E-state index contributed by atoms with van der Waals surface area (Å²) in [6.45, 7) is 0.696. The van der Waals surface area contributed by atoms with Gasteiger partial charge in [-0.2, -0.15) is 0 Å². The number of halogens is 1. The fourth-order valence-corrected chi connectivity index (χ4v) is 5.04. The number of rotatable bonds is 6. The van der Waals surface area contributed by atoms with E-state index in [2.05, 4.69) is 19.9 Å². The third-order valence-corrected chi connectivity index (χ3v) is 6.60. The first-order chi connectivity index (χ1) is 15.6. The van der Waals surface area contributed by atoms with E-state index in [4.69, 9.17) is 0 Å². The van der Waals surface area contributed by atoms with Gasteiger partial charge in [-0.05, 0) is 37.0 Å². The molecule has 0 saturated carbocycles.